The first-order chi connectivity index (χ1) is 31.2. The number of unbranched alkanes of at least 4 members (excludes halogenated alkanes) is 11. The molecule has 0 aromatic heterocycles. The summed E-state index contributed by atoms with van der Waals surface area (Å²) in [5, 5.41) is 29.8. The SMILES string of the molecule is CC/C=C\C[C@H](O)/C=C/C=C\C/C=C\C=C\[C@H](O)/C=C\CCCC(=O)O[C@H](COC(=O)CCCCCCCCC/C=C\C/C=C\CCCCC)COP(=O)(O)OC[C@@H](O)COP(=O)(O)O. The minimum atomic E-state index is -4.90. The topological polar surface area (TPSA) is 236 Å². The molecule has 65 heavy (non-hydrogen) atoms. The molecule has 0 rings (SSSR count). The Kier molecular flexibility index (Phi) is 40.3. The van der Waals surface area contributed by atoms with Crippen LogP contribution in [0.3, 0.4) is 0 Å². The first-order valence-corrected chi connectivity index (χ1v) is 26.2. The summed E-state index contributed by atoms with van der Waals surface area (Å²) >= 11 is 0. The van der Waals surface area contributed by atoms with Crippen LogP contribution in [-0.2, 0) is 41.8 Å². The first-order valence-electron chi connectivity index (χ1n) is 23.2. The van der Waals surface area contributed by atoms with E-state index in [-0.39, 0.29) is 12.8 Å². The average Bonchev–Trinajstić information content (AvgIpc) is 3.26. The van der Waals surface area contributed by atoms with Gasteiger partial charge < -0.3 is 39.5 Å². The number of phosphoric ester groups is 2. The molecule has 0 heterocycles. The lowest BCUT2D eigenvalue weighted by Crippen LogP contribution is -2.29. The standard InChI is InChI=1S/C48H80O15P2/c1-3-5-7-8-9-10-11-12-13-14-15-16-17-18-22-25-31-37-47(52)59-41-46(42-62-65(57,58)61-40-45(51)39-60-64(54,55)56)63-48(53)38-32-26-30-36-44(50)35-29-24-21-19-20-23-28-34-43(49)33-27-6-4-2/h6,9-10,12-13,20-21,23-24,27-30,34-36,43-46,49-51H,3-5,7-8,11,14-19,22,25-26,31-33,37-42H2,1-2H3,(H,57,58)(H2,54,55,56)/b10-9-,13-12-,23-20-,24-21-,27-6-,34-28+,35-29+,36-30-/t43-,44-,45-,46+/m0/s1. The van der Waals surface area contributed by atoms with E-state index in [9.17, 15) is 38.9 Å². The molecule has 0 aliphatic rings. The Balaban J connectivity index is 4.76. The molecule has 0 saturated carbocycles. The van der Waals surface area contributed by atoms with Gasteiger partial charge in [0, 0.05) is 12.8 Å². The molecule has 0 aliphatic heterocycles. The zero-order valence-corrected chi connectivity index (χ0v) is 40.6. The van der Waals surface area contributed by atoms with Gasteiger partial charge in [-0.25, -0.2) is 9.13 Å². The van der Waals surface area contributed by atoms with Crippen LogP contribution in [0.15, 0.2) is 97.2 Å². The monoisotopic (exact) mass is 958 g/mol. The Morgan fingerprint density at radius 3 is 1.77 bits per heavy atom. The molecule has 1 unspecified atom stereocenters. The van der Waals surface area contributed by atoms with Crippen molar-refractivity contribution in [2.45, 2.75) is 167 Å². The molecule has 0 bridgehead atoms. The van der Waals surface area contributed by atoms with Crippen LogP contribution in [0.4, 0.5) is 0 Å². The summed E-state index contributed by atoms with van der Waals surface area (Å²) < 4.78 is 47.7. The summed E-state index contributed by atoms with van der Waals surface area (Å²) in [6.45, 7) is 1.31. The minimum absolute atomic E-state index is 0.0619. The third-order valence-corrected chi connectivity index (χ3v) is 10.6. The predicted molar refractivity (Wildman–Crippen MR) is 255 cm³/mol. The Bertz CT molecular complexity index is 1550. The van der Waals surface area contributed by atoms with Gasteiger partial charge in [0.05, 0.1) is 32.0 Å². The second-order valence-electron chi connectivity index (χ2n) is 15.3. The Morgan fingerprint density at radius 1 is 0.538 bits per heavy atom. The quantitative estimate of drug-likeness (QED) is 0.0110. The zero-order valence-electron chi connectivity index (χ0n) is 38.8. The number of carbonyl (C=O) groups is 2. The average molecular weight is 959 g/mol. The van der Waals surface area contributed by atoms with Crippen molar-refractivity contribution >= 4 is 27.6 Å². The van der Waals surface area contributed by atoms with Crippen LogP contribution in [0, 0.1) is 0 Å². The number of esters is 2. The number of carbonyl (C=O) groups excluding carboxylic acids is 2. The first kappa shape index (κ1) is 62.0. The van der Waals surface area contributed by atoms with Gasteiger partial charge in [-0.15, -0.1) is 0 Å². The van der Waals surface area contributed by atoms with E-state index in [1.807, 2.05) is 37.3 Å². The van der Waals surface area contributed by atoms with E-state index in [0.717, 1.165) is 64.2 Å². The number of rotatable bonds is 42. The van der Waals surface area contributed by atoms with Crippen LogP contribution >= 0.6 is 15.6 Å². The van der Waals surface area contributed by atoms with Gasteiger partial charge in [0.25, 0.3) is 0 Å². The number of phosphoric acid groups is 2. The van der Waals surface area contributed by atoms with Crippen molar-refractivity contribution in [3.63, 3.8) is 0 Å². The molecule has 6 N–H and O–H groups in total. The third-order valence-electron chi connectivity index (χ3n) is 9.12. The molecule has 17 heteroatoms. The number of hydrogen-bond acceptors (Lipinski definition) is 12. The molecule has 0 spiro atoms. The molecule has 0 saturated heterocycles. The van der Waals surface area contributed by atoms with Gasteiger partial charge in [-0.3, -0.25) is 23.2 Å². The summed E-state index contributed by atoms with van der Waals surface area (Å²) in [5.41, 5.74) is 0. The fourth-order valence-electron chi connectivity index (χ4n) is 5.59. The molecule has 0 aromatic rings. The number of hydrogen-bond donors (Lipinski definition) is 6. The van der Waals surface area contributed by atoms with E-state index >= 15 is 0 Å². The van der Waals surface area contributed by atoms with Gasteiger partial charge in [0.2, 0.25) is 0 Å². The maximum absolute atomic E-state index is 12.7. The van der Waals surface area contributed by atoms with Crippen molar-refractivity contribution < 1.29 is 71.8 Å². The Hall–Kier alpha value is -3.04. The van der Waals surface area contributed by atoms with Crippen LogP contribution in [-0.4, -0.2) is 92.8 Å². The number of aliphatic hydroxyl groups is 3. The fraction of sp³-hybridized carbons (Fsp3) is 0.625. The van der Waals surface area contributed by atoms with Crippen molar-refractivity contribution in [2.75, 3.05) is 26.4 Å². The van der Waals surface area contributed by atoms with E-state index in [1.165, 1.54) is 19.3 Å². The fourth-order valence-corrected chi connectivity index (χ4v) is 6.74. The van der Waals surface area contributed by atoms with Crippen molar-refractivity contribution in [3.05, 3.63) is 97.2 Å². The van der Waals surface area contributed by atoms with E-state index in [2.05, 4.69) is 40.3 Å². The van der Waals surface area contributed by atoms with Gasteiger partial charge in [0.15, 0.2) is 6.10 Å². The summed E-state index contributed by atoms with van der Waals surface area (Å²) in [6, 6.07) is 0. The highest BCUT2D eigenvalue weighted by molar-refractivity contribution is 7.47. The summed E-state index contributed by atoms with van der Waals surface area (Å²) in [4.78, 5) is 52.8. The summed E-state index contributed by atoms with van der Waals surface area (Å²) in [5.74, 6) is -1.23. The maximum atomic E-state index is 12.7. The van der Waals surface area contributed by atoms with Crippen molar-refractivity contribution in [3.8, 4) is 0 Å². The summed E-state index contributed by atoms with van der Waals surface area (Å²) in [7, 11) is -9.77. The second kappa shape index (κ2) is 42.3. The van der Waals surface area contributed by atoms with E-state index in [0.29, 0.717) is 32.1 Å². The Labute approximate surface area is 388 Å². The lowest BCUT2D eigenvalue weighted by atomic mass is 10.1. The Morgan fingerprint density at radius 2 is 1.11 bits per heavy atom. The molecule has 372 valence electrons. The van der Waals surface area contributed by atoms with Crippen LogP contribution in [0.1, 0.15) is 142 Å². The minimum Gasteiger partial charge on any atom is -0.462 e. The molecule has 0 fully saturated rings. The van der Waals surface area contributed by atoms with Crippen LogP contribution in [0.25, 0.3) is 0 Å². The molecule has 0 amide bonds. The van der Waals surface area contributed by atoms with Crippen molar-refractivity contribution in [1.82, 2.24) is 0 Å². The van der Waals surface area contributed by atoms with Crippen LogP contribution in [0.2, 0.25) is 0 Å². The lowest BCUT2D eigenvalue weighted by Gasteiger charge is -2.20. The second-order valence-corrected chi connectivity index (χ2v) is 18.0. The highest BCUT2D eigenvalue weighted by Crippen LogP contribution is 2.43. The smallest absolute Gasteiger partial charge is 0.462 e. The van der Waals surface area contributed by atoms with E-state index < -0.39 is 78.4 Å². The van der Waals surface area contributed by atoms with Gasteiger partial charge in [-0.2, -0.15) is 0 Å². The zero-order chi connectivity index (χ0) is 48.3. The number of ether oxygens (including phenoxy) is 2. The molecule has 0 aromatic carbocycles. The third kappa shape index (κ3) is 45.9. The molecule has 0 aliphatic carbocycles. The molecular formula is C48H80O15P2. The highest BCUT2D eigenvalue weighted by atomic mass is 31.2. The van der Waals surface area contributed by atoms with E-state index in [4.69, 9.17) is 23.8 Å². The molecular weight excluding hydrogens is 878 g/mol. The predicted octanol–water partition coefficient (Wildman–Crippen LogP) is 10.1. The largest absolute Gasteiger partial charge is 0.472 e. The maximum Gasteiger partial charge on any atom is 0.472 e. The summed E-state index contributed by atoms with van der Waals surface area (Å²) in [6.07, 6.45) is 43.2. The number of allylic oxidation sites excluding steroid dienone is 12. The molecule has 15 nitrogen and oxygen atoms in total. The van der Waals surface area contributed by atoms with Gasteiger partial charge in [0.1, 0.15) is 12.7 Å². The normalized spacial score (nSPS) is 15.8. The van der Waals surface area contributed by atoms with Crippen LogP contribution in [0.5, 0.6) is 0 Å². The lowest BCUT2D eigenvalue weighted by molar-refractivity contribution is -0.161. The molecule has 0 radical (unpaired) electrons. The van der Waals surface area contributed by atoms with Gasteiger partial charge in [-0.05, 0) is 70.6 Å². The highest BCUT2D eigenvalue weighted by Gasteiger charge is 2.28. The van der Waals surface area contributed by atoms with Crippen LogP contribution < -0.4 is 0 Å². The number of aliphatic hydroxyl groups excluding tert-OH is 3. The van der Waals surface area contributed by atoms with Crippen molar-refractivity contribution in [2.24, 2.45) is 0 Å². The molecule has 5 atom stereocenters. The van der Waals surface area contributed by atoms with Gasteiger partial charge in [-0.1, -0.05) is 156 Å². The van der Waals surface area contributed by atoms with E-state index in [1.54, 1.807) is 42.5 Å². The van der Waals surface area contributed by atoms with Crippen molar-refractivity contribution in [1.29, 1.82) is 0 Å². The van der Waals surface area contributed by atoms with Gasteiger partial charge >= 0.3 is 27.6 Å².